The van der Waals surface area contributed by atoms with Gasteiger partial charge in [-0.15, -0.1) is 24.0 Å². The minimum Gasteiger partial charge on any atom is -0.444 e. The maximum Gasteiger partial charge on any atom is 0.407 e. The highest BCUT2D eigenvalue weighted by Gasteiger charge is 2.22. The highest BCUT2D eigenvalue weighted by molar-refractivity contribution is 14.0. The van der Waals surface area contributed by atoms with Gasteiger partial charge in [-0.25, -0.2) is 4.79 Å². The Kier molecular flexibility index (Phi) is 12.3. The SMILES string of the molecule is CCNC(=NCC(NC(=O)OC(C)(C)C)C(C)C)N(C)CC1CCOC1.I. The zero-order chi connectivity index (χ0) is 19.7. The first-order valence-electron chi connectivity index (χ1n) is 9.69. The van der Waals surface area contributed by atoms with Gasteiger partial charge in [0.25, 0.3) is 0 Å². The first kappa shape index (κ1) is 26.2. The Morgan fingerprint density at radius 2 is 2.04 bits per heavy atom. The molecule has 160 valence electrons. The van der Waals surface area contributed by atoms with Gasteiger partial charge in [0.2, 0.25) is 0 Å². The third kappa shape index (κ3) is 11.0. The molecule has 0 saturated carbocycles. The lowest BCUT2D eigenvalue weighted by Gasteiger charge is -2.27. The van der Waals surface area contributed by atoms with E-state index in [1.807, 2.05) is 27.8 Å². The van der Waals surface area contributed by atoms with Crippen LogP contribution in [0.2, 0.25) is 0 Å². The van der Waals surface area contributed by atoms with Crippen LogP contribution in [0.1, 0.15) is 48.0 Å². The van der Waals surface area contributed by atoms with Crippen molar-refractivity contribution >= 4 is 36.0 Å². The second kappa shape index (κ2) is 12.6. The Balaban J connectivity index is 0.00000676. The highest BCUT2D eigenvalue weighted by Crippen LogP contribution is 2.13. The van der Waals surface area contributed by atoms with Gasteiger partial charge < -0.3 is 25.0 Å². The molecule has 0 aliphatic carbocycles. The zero-order valence-corrected chi connectivity index (χ0v) is 20.3. The van der Waals surface area contributed by atoms with E-state index in [1.165, 1.54) is 0 Å². The maximum absolute atomic E-state index is 12.1. The van der Waals surface area contributed by atoms with E-state index in [4.69, 9.17) is 14.5 Å². The summed E-state index contributed by atoms with van der Waals surface area (Å²) in [5, 5.41) is 6.28. The van der Waals surface area contributed by atoms with Crippen molar-refractivity contribution in [2.45, 2.75) is 59.6 Å². The summed E-state index contributed by atoms with van der Waals surface area (Å²) >= 11 is 0. The Morgan fingerprint density at radius 3 is 2.52 bits per heavy atom. The molecule has 2 atom stereocenters. The number of aliphatic imine (C=N–C) groups is 1. The molecule has 2 unspecified atom stereocenters. The van der Waals surface area contributed by atoms with Gasteiger partial charge in [-0.3, -0.25) is 4.99 Å². The Morgan fingerprint density at radius 1 is 1.37 bits per heavy atom. The number of alkyl carbamates (subject to hydrolysis) is 1. The fraction of sp³-hybridized carbons (Fsp3) is 0.895. The zero-order valence-electron chi connectivity index (χ0n) is 18.0. The van der Waals surface area contributed by atoms with Gasteiger partial charge in [0.05, 0.1) is 19.2 Å². The number of rotatable bonds is 7. The molecule has 0 spiro atoms. The lowest BCUT2D eigenvalue weighted by atomic mass is 10.1. The molecule has 1 heterocycles. The maximum atomic E-state index is 12.1. The Labute approximate surface area is 182 Å². The normalized spacial score (nSPS) is 18.7. The molecule has 1 amide bonds. The van der Waals surface area contributed by atoms with Crippen molar-refractivity contribution in [2.75, 3.05) is 39.9 Å². The van der Waals surface area contributed by atoms with Gasteiger partial charge in [0.15, 0.2) is 5.96 Å². The van der Waals surface area contributed by atoms with E-state index in [-0.39, 0.29) is 35.9 Å². The van der Waals surface area contributed by atoms with Crippen LogP contribution in [0.5, 0.6) is 0 Å². The van der Waals surface area contributed by atoms with Crippen LogP contribution in [0, 0.1) is 11.8 Å². The molecule has 27 heavy (non-hydrogen) atoms. The number of nitrogens with zero attached hydrogens (tertiary/aromatic N) is 2. The lowest BCUT2D eigenvalue weighted by Crippen LogP contribution is -2.45. The molecular weight excluding hydrogens is 459 g/mol. The largest absolute Gasteiger partial charge is 0.444 e. The number of guanidine groups is 1. The molecule has 7 nitrogen and oxygen atoms in total. The molecule has 0 aromatic carbocycles. The number of amides is 1. The molecule has 1 fully saturated rings. The second-order valence-corrected chi connectivity index (χ2v) is 8.30. The molecule has 0 aromatic rings. The van der Waals surface area contributed by atoms with Gasteiger partial charge in [0, 0.05) is 32.7 Å². The quantitative estimate of drug-likeness (QED) is 0.321. The summed E-state index contributed by atoms with van der Waals surface area (Å²) in [6, 6.07) is -0.0817. The third-order valence-corrected chi connectivity index (χ3v) is 4.20. The average Bonchev–Trinajstić information content (AvgIpc) is 3.00. The van der Waals surface area contributed by atoms with Crippen molar-refractivity contribution < 1.29 is 14.3 Å². The summed E-state index contributed by atoms with van der Waals surface area (Å²) in [6.45, 7) is 15.7. The van der Waals surface area contributed by atoms with E-state index < -0.39 is 11.7 Å². The number of hydrogen-bond acceptors (Lipinski definition) is 4. The summed E-state index contributed by atoms with van der Waals surface area (Å²) in [6.07, 6.45) is 0.700. The summed E-state index contributed by atoms with van der Waals surface area (Å²) in [5.74, 6) is 1.66. The minimum atomic E-state index is -0.507. The van der Waals surface area contributed by atoms with Gasteiger partial charge in [-0.1, -0.05) is 13.8 Å². The van der Waals surface area contributed by atoms with E-state index in [2.05, 4.69) is 36.3 Å². The number of carbonyl (C=O) groups excluding carboxylic acids is 1. The number of ether oxygens (including phenoxy) is 2. The van der Waals surface area contributed by atoms with Crippen LogP contribution < -0.4 is 10.6 Å². The molecule has 0 radical (unpaired) electrons. The van der Waals surface area contributed by atoms with Crippen LogP contribution in [0.25, 0.3) is 0 Å². The standard InChI is InChI=1S/C19H38N4O3.HI/c1-8-20-17(23(7)12-15-9-10-25-13-15)21-11-16(14(2)3)22-18(24)26-19(4,5)6;/h14-16H,8-13H2,1-7H3,(H,20,21)(H,22,24);1H. The predicted molar refractivity (Wildman–Crippen MR) is 121 cm³/mol. The van der Waals surface area contributed by atoms with Crippen LogP contribution in [-0.4, -0.2) is 68.5 Å². The van der Waals surface area contributed by atoms with Crippen molar-refractivity contribution in [3.63, 3.8) is 0 Å². The van der Waals surface area contributed by atoms with Crippen molar-refractivity contribution in [2.24, 2.45) is 16.8 Å². The van der Waals surface area contributed by atoms with E-state index in [1.54, 1.807) is 0 Å². The van der Waals surface area contributed by atoms with Crippen LogP contribution in [-0.2, 0) is 9.47 Å². The van der Waals surface area contributed by atoms with Gasteiger partial charge in [0.1, 0.15) is 5.60 Å². The van der Waals surface area contributed by atoms with E-state index >= 15 is 0 Å². The fourth-order valence-corrected chi connectivity index (χ4v) is 2.74. The summed E-state index contributed by atoms with van der Waals surface area (Å²) in [7, 11) is 2.05. The lowest BCUT2D eigenvalue weighted by molar-refractivity contribution is 0.0493. The smallest absolute Gasteiger partial charge is 0.407 e. The molecular formula is C19H39IN4O3. The number of nitrogens with one attached hydrogen (secondary N) is 2. The first-order chi connectivity index (χ1) is 12.1. The molecule has 1 saturated heterocycles. The van der Waals surface area contributed by atoms with E-state index in [0.29, 0.717) is 12.5 Å². The first-order valence-corrected chi connectivity index (χ1v) is 9.69. The third-order valence-electron chi connectivity index (χ3n) is 4.20. The molecule has 1 rings (SSSR count). The predicted octanol–water partition coefficient (Wildman–Crippen LogP) is 3.09. The molecule has 0 bridgehead atoms. The summed E-state index contributed by atoms with van der Waals surface area (Å²) in [4.78, 5) is 19.0. The molecule has 1 aliphatic rings. The fourth-order valence-electron chi connectivity index (χ4n) is 2.74. The average molecular weight is 498 g/mol. The van der Waals surface area contributed by atoms with Crippen molar-refractivity contribution in [3.8, 4) is 0 Å². The molecule has 2 N–H and O–H groups in total. The number of halogens is 1. The van der Waals surface area contributed by atoms with Gasteiger partial charge in [-0.05, 0) is 40.0 Å². The Bertz CT molecular complexity index is 460. The minimum absolute atomic E-state index is 0. The molecule has 8 heteroatoms. The summed E-state index contributed by atoms with van der Waals surface area (Å²) < 4.78 is 10.8. The van der Waals surface area contributed by atoms with Crippen LogP contribution >= 0.6 is 24.0 Å². The monoisotopic (exact) mass is 498 g/mol. The van der Waals surface area contributed by atoms with Crippen LogP contribution in [0.15, 0.2) is 4.99 Å². The Hall–Kier alpha value is -0.770. The number of hydrogen-bond donors (Lipinski definition) is 2. The van der Waals surface area contributed by atoms with E-state index in [0.717, 1.165) is 38.7 Å². The molecule has 0 aromatic heterocycles. The van der Waals surface area contributed by atoms with Gasteiger partial charge in [-0.2, -0.15) is 0 Å². The summed E-state index contributed by atoms with van der Waals surface area (Å²) in [5.41, 5.74) is -0.507. The van der Waals surface area contributed by atoms with Crippen LogP contribution in [0.3, 0.4) is 0 Å². The van der Waals surface area contributed by atoms with Crippen molar-refractivity contribution in [1.82, 2.24) is 15.5 Å². The van der Waals surface area contributed by atoms with E-state index in [9.17, 15) is 4.79 Å². The van der Waals surface area contributed by atoms with Crippen molar-refractivity contribution in [3.05, 3.63) is 0 Å². The highest BCUT2D eigenvalue weighted by atomic mass is 127. The van der Waals surface area contributed by atoms with Crippen molar-refractivity contribution in [1.29, 1.82) is 0 Å². The molecule has 1 aliphatic heterocycles. The topological polar surface area (TPSA) is 75.2 Å². The van der Waals surface area contributed by atoms with Gasteiger partial charge >= 0.3 is 6.09 Å². The second-order valence-electron chi connectivity index (χ2n) is 8.30. The number of carbonyl (C=O) groups is 1. The van der Waals surface area contributed by atoms with Crippen LogP contribution in [0.4, 0.5) is 4.79 Å².